The summed E-state index contributed by atoms with van der Waals surface area (Å²) in [6.07, 6.45) is 2.87. The van der Waals surface area contributed by atoms with E-state index in [1.54, 1.807) is 4.68 Å². The second-order valence-corrected chi connectivity index (χ2v) is 7.19. The lowest BCUT2D eigenvalue weighted by Gasteiger charge is -2.12. The Morgan fingerprint density at radius 1 is 1.28 bits per heavy atom. The molecule has 2 aliphatic rings. The summed E-state index contributed by atoms with van der Waals surface area (Å²) in [7, 11) is -2.93. The van der Waals surface area contributed by atoms with Gasteiger partial charge in [-0.25, -0.2) is 13.1 Å². The molecule has 3 heterocycles. The summed E-state index contributed by atoms with van der Waals surface area (Å²) in [5.41, 5.74) is 5.85. The third-order valence-corrected chi connectivity index (χ3v) is 5.34. The van der Waals surface area contributed by atoms with Gasteiger partial charge in [-0.3, -0.25) is 0 Å². The quantitative estimate of drug-likeness (QED) is 0.802. The van der Waals surface area contributed by atoms with E-state index in [0.29, 0.717) is 18.3 Å². The highest BCUT2D eigenvalue weighted by molar-refractivity contribution is 7.91. The van der Waals surface area contributed by atoms with E-state index in [9.17, 15) is 8.42 Å². The summed E-state index contributed by atoms with van der Waals surface area (Å²) in [6, 6.07) is -0.154. The summed E-state index contributed by atoms with van der Waals surface area (Å²) < 4.78 is 24.5. The lowest BCUT2D eigenvalue weighted by atomic mass is 10.3. The number of nitrogens with two attached hydrogens (primary N) is 1. The van der Waals surface area contributed by atoms with Crippen molar-refractivity contribution in [3.8, 4) is 0 Å². The fraction of sp³-hybridized carbons (Fsp3) is 0.800. The Morgan fingerprint density at radius 3 is 2.61 bits per heavy atom. The third-order valence-electron chi connectivity index (χ3n) is 3.59. The highest BCUT2D eigenvalue weighted by Crippen LogP contribution is 2.27. The van der Waals surface area contributed by atoms with Crippen molar-refractivity contribution in [3.63, 3.8) is 0 Å². The highest BCUT2D eigenvalue weighted by Gasteiger charge is 2.32. The van der Waals surface area contributed by atoms with Gasteiger partial charge in [-0.1, -0.05) is 0 Å². The van der Waals surface area contributed by atoms with Gasteiger partial charge in [0, 0.05) is 13.1 Å². The van der Waals surface area contributed by atoms with E-state index >= 15 is 0 Å². The monoisotopic (exact) mass is 271 g/mol. The van der Waals surface area contributed by atoms with Crippen molar-refractivity contribution in [1.29, 1.82) is 0 Å². The molecule has 1 unspecified atom stereocenters. The molecule has 2 saturated heterocycles. The van der Waals surface area contributed by atoms with Gasteiger partial charge in [-0.2, -0.15) is 4.98 Å². The van der Waals surface area contributed by atoms with Gasteiger partial charge in [0.15, 0.2) is 9.84 Å². The predicted octanol–water partition coefficient (Wildman–Crippen LogP) is -0.180. The van der Waals surface area contributed by atoms with Gasteiger partial charge in [0.05, 0.1) is 17.5 Å². The van der Waals surface area contributed by atoms with E-state index in [4.69, 9.17) is 5.73 Å². The molecule has 0 bridgehead atoms. The summed E-state index contributed by atoms with van der Waals surface area (Å²) in [6.45, 7) is 1.90. The first-order valence-corrected chi connectivity index (χ1v) is 8.05. The zero-order chi connectivity index (χ0) is 12.8. The molecule has 8 heteroatoms. The van der Waals surface area contributed by atoms with Crippen molar-refractivity contribution >= 4 is 21.7 Å². The van der Waals surface area contributed by atoms with Gasteiger partial charge in [-0.15, -0.1) is 5.10 Å². The molecule has 0 amide bonds. The Kier molecular flexibility index (Phi) is 2.69. The lowest BCUT2D eigenvalue weighted by Crippen LogP contribution is -2.20. The second kappa shape index (κ2) is 4.11. The average molecular weight is 271 g/mol. The average Bonchev–Trinajstić information content (AvgIpc) is 2.97. The highest BCUT2D eigenvalue weighted by atomic mass is 32.2. The van der Waals surface area contributed by atoms with Crippen LogP contribution in [0.5, 0.6) is 0 Å². The summed E-state index contributed by atoms with van der Waals surface area (Å²) in [5, 5.41) is 4.38. The Bertz CT molecular complexity index is 547. The fourth-order valence-electron chi connectivity index (χ4n) is 2.61. The molecule has 2 fully saturated rings. The molecule has 1 atom stereocenters. The van der Waals surface area contributed by atoms with Gasteiger partial charge in [0.2, 0.25) is 11.9 Å². The van der Waals surface area contributed by atoms with E-state index in [-0.39, 0.29) is 17.5 Å². The van der Waals surface area contributed by atoms with E-state index in [1.165, 1.54) is 0 Å². The number of aromatic nitrogens is 3. The Balaban J connectivity index is 1.84. The number of anilines is 2. The normalized spacial score (nSPS) is 26.9. The number of sulfone groups is 1. The first-order valence-electron chi connectivity index (χ1n) is 6.22. The van der Waals surface area contributed by atoms with E-state index in [2.05, 4.69) is 15.0 Å². The lowest BCUT2D eigenvalue weighted by molar-refractivity contribution is 0.505. The van der Waals surface area contributed by atoms with Crippen molar-refractivity contribution in [2.75, 3.05) is 35.2 Å². The van der Waals surface area contributed by atoms with Crippen LogP contribution >= 0.6 is 0 Å². The van der Waals surface area contributed by atoms with E-state index in [1.807, 2.05) is 0 Å². The van der Waals surface area contributed by atoms with Crippen molar-refractivity contribution < 1.29 is 8.42 Å². The molecule has 2 N–H and O–H groups in total. The first kappa shape index (κ1) is 11.8. The fourth-order valence-corrected chi connectivity index (χ4v) is 4.30. The smallest absolute Gasteiger partial charge is 0.246 e. The van der Waals surface area contributed by atoms with Crippen LogP contribution in [0.2, 0.25) is 0 Å². The number of hydrogen-bond donors (Lipinski definition) is 1. The SMILES string of the molecule is Nc1nc(N2CCCC2)nn1C1CCS(=O)(=O)C1. The van der Waals surface area contributed by atoms with Crippen LogP contribution in [0.25, 0.3) is 0 Å². The maximum atomic E-state index is 11.5. The summed E-state index contributed by atoms with van der Waals surface area (Å²) in [4.78, 5) is 6.34. The predicted molar refractivity (Wildman–Crippen MR) is 68.2 cm³/mol. The topological polar surface area (TPSA) is 94.1 Å². The molecule has 7 nitrogen and oxygen atoms in total. The summed E-state index contributed by atoms with van der Waals surface area (Å²) in [5.74, 6) is 1.30. The standard InChI is InChI=1S/C10H17N5O2S/c11-9-12-10(14-4-1-2-5-14)13-15(9)8-3-6-18(16,17)7-8/h8H,1-7H2,(H2,11,12,13). The van der Waals surface area contributed by atoms with E-state index < -0.39 is 9.84 Å². The molecule has 0 radical (unpaired) electrons. The zero-order valence-corrected chi connectivity index (χ0v) is 10.9. The minimum Gasteiger partial charge on any atom is -0.368 e. The number of rotatable bonds is 2. The molecule has 1 aromatic rings. The Hall–Kier alpha value is -1.31. The Labute approximate surface area is 106 Å². The molecule has 18 heavy (non-hydrogen) atoms. The molecule has 0 saturated carbocycles. The molecule has 3 rings (SSSR count). The molecule has 1 aromatic heterocycles. The van der Waals surface area contributed by atoms with Crippen LogP contribution in [-0.2, 0) is 9.84 Å². The van der Waals surface area contributed by atoms with Gasteiger partial charge in [0.1, 0.15) is 0 Å². The molecule has 0 aromatic carbocycles. The van der Waals surface area contributed by atoms with Crippen molar-refractivity contribution in [2.45, 2.75) is 25.3 Å². The van der Waals surface area contributed by atoms with Gasteiger partial charge in [0.25, 0.3) is 0 Å². The van der Waals surface area contributed by atoms with Crippen LogP contribution in [0, 0.1) is 0 Å². The molecule has 100 valence electrons. The molecular formula is C10H17N5O2S. The number of hydrogen-bond acceptors (Lipinski definition) is 6. The van der Waals surface area contributed by atoms with Crippen LogP contribution in [0.3, 0.4) is 0 Å². The van der Waals surface area contributed by atoms with Gasteiger partial charge >= 0.3 is 0 Å². The number of nitrogens with zero attached hydrogens (tertiary/aromatic N) is 4. The van der Waals surface area contributed by atoms with Crippen LogP contribution < -0.4 is 10.6 Å². The largest absolute Gasteiger partial charge is 0.368 e. The molecule has 2 aliphatic heterocycles. The van der Waals surface area contributed by atoms with Crippen LogP contribution in [-0.4, -0.2) is 47.8 Å². The second-order valence-electron chi connectivity index (χ2n) is 4.97. The minimum atomic E-state index is -2.93. The maximum absolute atomic E-state index is 11.5. The van der Waals surface area contributed by atoms with Crippen LogP contribution in [0.4, 0.5) is 11.9 Å². The van der Waals surface area contributed by atoms with Gasteiger partial charge < -0.3 is 10.6 Å². The van der Waals surface area contributed by atoms with Crippen molar-refractivity contribution in [3.05, 3.63) is 0 Å². The Morgan fingerprint density at radius 2 is 2.00 bits per heavy atom. The third kappa shape index (κ3) is 2.05. The summed E-state index contributed by atoms with van der Waals surface area (Å²) >= 11 is 0. The molecule has 0 spiro atoms. The van der Waals surface area contributed by atoms with Crippen LogP contribution in [0.15, 0.2) is 0 Å². The van der Waals surface area contributed by atoms with Crippen molar-refractivity contribution in [1.82, 2.24) is 14.8 Å². The zero-order valence-electron chi connectivity index (χ0n) is 10.1. The van der Waals surface area contributed by atoms with E-state index in [0.717, 1.165) is 25.9 Å². The van der Waals surface area contributed by atoms with Crippen molar-refractivity contribution in [2.24, 2.45) is 0 Å². The number of nitrogen functional groups attached to an aromatic ring is 1. The van der Waals surface area contributed by atoms with Gasteiger partial charge in [-0.05, 0) is 19.3 Å². The first-order chi connectivity index (χ1) is 8.55. The maximum Gasteiger partial charge on any atom is 0.246 e. The molecule has 0 aliphatic carbocycles. The molecular weight excluding hydrogens is 254 g/mol. The minimum absolute atomic E-state index is 0.125. The van der Waals surface area contributed by atoms with Crippen LogP contribution in [0.1, 0.15) is 25.3 Å².